The standard InChI is InChI=1S/C10H12ClNO2S/c1-10(11,9(12)13)15(14)7-8-5-3-2-4-6-8/h2-6H,7H2,1H3,(H2,12,13). The molecule has 1 amide bonds. The van der Waals surface area contributed by atoms with E-state index in [9.17, 15) is 9.00 Å². The molecule has 0 fully saturated rings. The molecule has 5 heteroatoms. The fourth-order valence-electron chi connectivity index (χ4n) is 0.973. The first-order valence-electron chi connectivity index (χ1n) is 4.36. The fraction of sp³-hybridized carbons (Fsp3) is 0.300. The number of carbonyl (C=O) groups is 1. The van der Waals surface area contributed by atoms with E-state index in [1.165, 1.54) is 6.92 Å². The zero-order chi connectivity index (χ0) is 11.5. The van der Waals surface area contributed by atoms with Crippen molar-refractivity contribution >= 4 is 28.3 Å². The first-order valence-corrected chi connectivity index (χ1v) is 6.05. The molecule has 82 valence electrons. The molecule has 15 heavy (non-hydrogen) atoms. The number of alkyl halides is 1. The van der Waals surface area contributed by atoms with E-state index in [4.69, 9.17) is 17.3 Å². The average molecular weight is 246 g/mol. The lowest BCUT2D eigenvalue weighted by Gasteiger charge is -2.16. The van der Waals surface area contributed by atoms with E-state index >= 15 is 0 Å². The summed E-state index contributed by atoms with van der Waals surface area (Å²) in [5.74, 6) is -0.539. The number of amides is 1. The van der Waals surface area contributed by atoms with Crippen LogP contribution < -0.4 is 5.73 Å². The van der Waals surface area contributed by atoms with E-state index in [0.717, 1.165) is 5.56 Å². The number of hydrogen-bond donors (Lipinski definition) is 1. The quantitative estimate of drug-likeness (QED) is 0.815. The Balaban J connectivity index is 2.77. The van der Waals surface area contributed by atoms with Crippen molar-refractivity contribution in [1.82, 2.24) is 0 Å². The molecule has 2 unspecified atom stereocenters. The average Bonchev–Trinajstić information content (AvgIpc) is 2.18. The number of rotatable bonds is 4. The lowest BCUT2D eigenvalue weighted by Crippen LogP contribution is -2.40. The molecule has 0 aromatic heterocycles. The second-order valence-electron chi connectivity index (χ2n) is 3.26. The van der Waals surface area contributed by atoms with Crippen LogP contribution in [-0.4, -0.2) is 14.3 Å². The van der Waals surface area contributed by atoms with E-state index < -0.39 is 20.9 Å². The zero-order valence-corrected chi connectivity index (χ0v) is 9.85. The number of hydrogen-bond acceptors (Lipinski definition) is 2. The van der Waals surface area contributed by atoms with Crippen molar-refractivity contribution in [3.05, 3.63) is 35.9 Å². The Morgan fingerprint density at radius 1 is 1.47 bits per heavy atom. The van der Waals surface area contributed by atoms with E-state index in [1.807, 2.05) is 30.3 Å². The normalized spacial score (nSPS) is 16.7. The molecule has 1 aromatic rings. The van der Waals surface area contributed by atoms with Crippen LogP contribution in [0.5, 0.6) is 0 Å². The van der Waals surface area contributed by atoms with Gasteiger partial charge in [-0.05, 0) is 12.5 Å². The molecule has 1 rings (SSSR count). The van der Waals surface area contributed by atoms with E-state index in [1.54, 1.807) is 0 Å². The van der Waals surface area contributed by atoms with Crippen molar-refractivity contribution in [3.8, 4) is 0 Å². The van der Waals surface area contributed by atoms with Gasteiger partial charge in [-0.2, -0.15) is 0 Å². The Morgan fingerprint density at radius 3 is 2.47 bits per heavy atom. The van der Waals surface area contributed by atoms with Crippen LogP contribution in [0.2, 0.25) is 0 Å². The summed E-state index contributed by atoms with van der Waals surface area (Å²) in [7, 11) is -1.52. The van der Waals surface area contributed by atoms with Crippen LogP contribution in [0.1, 0.15) is 12.5 Å². The lowest BCUT2D eigenvalue weighted by atomic mass is 10.2. The minimum atomic E-state index is -1.52. The molecule has 0 aliphatic carbocycles. The number of halogens is 1. The maximum absolute atomic E-state index is 11.8. The number of nitrogens with two attached hydrogens (primary N) is 1. The Hall–Kier alpha value is -0.870. The zero-order valence-electron chi connectivity index (χ0n) is 8.27. The largest absolute Gasteiger partial charge is 0.367 e. The van der Waals surface area contributed by atoms with Gasteiger partial charge < -0.3 is 5.73 Å². The van der Waals surface area contributed by atoms with Gasteiger partial charge in [0.05, 0.1) is 16.6 Å². The Bertz CT molecular complexity index is 378. The Morgan fingerprint density at radius 2 is 2.00 bits per heavy atom. The molecular formula is C10H12ClNO2S. The number of primary amides is 1. The molecule has 3 nitrogen and oxygen atoms in total. The molecule has 2 atom stereocenters. The smallest absolute Gasteiger partial charge is 0.251 e. The van der Waals surface area contributed by atoms with Crippen molar-refractivity contribution in [2.45, 2.75) is 16.9 Å². The summed E-state index contributed by atoms with van der Waals surface area (Å²) in [5, 5.41) is 0. The minimum absolute atomic E-state index is 0.226. The van der Waals surface area contributed by atoms with Gasteiger partial charge in [0.25, 0.3) is 5.91 Å². The van der Waals surface area contributed by atoms with Gasteiger partial charge in [0, 0.05) is 0 Å². The lowest BCUT2D eigenvalue weighted by molar-refractivity contribution is -0.118. The van der Waals surface area contributed by atoms with Crippen LogP contribution in [0.15, 0.2) is 30.3 Å². The molecule has 0 heterocycles. The van der Waals surface area contributed by atoms with Gasteiger partial charge in [0.2, 0.25) is 0 Å². The van der Waals surface area contributed by atoms with Crippen molar-refractivity contribution in [3.63, 3.8) is 0 Å². The maximum atomic E-state index is 11.8. The predicted molar refractivity (Wildman–Crippen MR) is 61.7 cm³/mol. The number of carbonyl (C=O) groups excluding carboxylic acids is 1. The van der Waals surface area contributed by atoms with Crippen LogP contribution in [0, 0.1) is 0 Å². The molecule has 0 bridgehead atoms. The van der Waals surface area contributed by atoms with Gasteiger partial charge in [-0.1, -0.05) is 41.9 Å². The van der Waals surface area contributed by atoms with Crippen molar-refractivity contribution in [1.29, 1.82) is 0 Å². The fourth-order valence-corrected chi connectivity index (χ4v) is 2.13. The van der Waals surface area contributed by atoms with Crippen molar-refractivity contribution in [2.75, 3.05) is 0 Å². The van der Waals surface area contributed by atoms with Crippen LogP contribution in [-0.2, 0) is 21.3 Å². The third kappa shape index (κ3) is 3.04. The summed E-state index contributed by atoms with van der Waals surface area (Å²) in [6, 6.07) is 9.18. The summed E-state index contributed by atoms with van der Waals surface area (Å²) in [5.41, 5.74) is 5.93. The highest BCUT2D eigenvalue weighted by Gasteiger charge is 2.35. The van der Waals surface area contributed by atoms with Gasteiger partial charge in [0.1, 0.15) is 0 Å². The Kier molecular flexibility index (Phi) is 3.88. The Labute approximate surface area is 96.1 Å². The predicted octanol–water partition coefficient (Wildman–Crippen LogP) is 1.38. The van der Waals surface area contributed by atoms with Crippen LogP contribution >= 0.6 is 11.6 Å². The number of benzene rings is 1. The van der Waals surface area contributed by atoms with Gasteiger partial charge in [-0.15, -0.1) is 0 Å². The molecule has 0 aliphatic heterocycles. The summed E-state index contributed by atoms with van der Waals surface area (Å²) in [4.78, 5) is 10.9. The summed E-state index contributed by atoms with van der Waals surface area (Å²) in [6.07, 6.45) is 0. The van der Waals surface area contributed by atoms with Crippen molar-refractivity contribution < 1.29 is 9.00 Å². The maximum Gasteiger partial charge on any atom is 0.251 e. The van der Waals surface area contributed by atoms with Crippen molar-refractivity contribution in [2.24, 2.45) is 5.73 Å². The monoisotopic (exact) mass is 245 g/mol. The second kappa shape index (κ2) is 4.77. The van der Waals surface area contributed by atoms with Gasteiger partial charge in [-0.3, -0.25) is 9.00 Å². The van der Waals surface area contributed by atoms with Crippen LogP contribution in [0.25, 0.3) is 0 Å². The van der Waals surface area contributed by atoms with Gasteiger partial charge in [0.15, 0.2) is 4.21 Å². The first-order chi connectivity index (χ1) is 6.94. The van der Waals surface area contributed by atoms with E-state index in [2.05, 4.69) is 0 Å². The molecule has 0 spiro atoms. The molecule has 1 aromatic carbocycles. The third-order valence-corrected chi connectivity index (χ3v) is 4.36. The molecule has 0 saturated heterocycles. The second-order valence-corrected chi connectivity index (χ2v) is 6.03. The van der Waals surface area contributed by atoms with Gasteiger partial charge in [-0.25, -0.2) is 0 Å². The highest BCUT2D eigenvalue weighted by Crippen LogP contribution is 2.21. The minimum Gasteiger partial charge on any atom is -0.367 e. The highest BCUT2D eigenvalue weighted by molar-refractivity contribution is 7.88. The molecule has 0 saturated carbocycles. The topological polar surface area (TPSA) is 60.2 Å². The first kappa shape index (κ1) is 12.2. The third-order valence-electron chi connectivity index (χ3n) is 2.01. The van der Waals surface area contributed by atoms with Gasteiger partial charge >= 0.3 is 0 Å². The van der Waals surface area contributed by atoms with E-state index in [-0.39, 0.29) is 5.75 Å². The SMILES string of the molecule is CC(Cl)(C(N)=O)S(=O)Cc1ccccc1. The summed E-state index contributed by atoms with van der Waals surface area (Å²) >= 11 is 5.80. The summed E-state index contributed by atoms with van der Waals surface area (Å²) < 4.78 is 10.2. The molecule has 2 N–H and O–H groups in total. The highest BCUT2D eigenvalue weighted by atomic mass is 35.5. The molecule has 0 radical (unpaired) electrons. The summed E-state index contributed by atoms with van der Waals surface area (Å²) in [6.45, 7) is 1.37. The molecule has 0 aliphatic rings. The molecular weight excluding hydrogens is 234 g/mol. The van der Waals surface area contributed by atoms with Crippen LogP contribution in [0.3, 0.4) is 0 Å². The van der Waals surface area contributed by atoms with Crippen LogP contribution in [0.4, 0.5) is 0 Å². The van der Waals surface area contributed by atoms with E-state index in [0.29, 0.717) is 0 Å².